The summed E-state index contributed by atoms with van der Waals surface area (Å²) in [5.74, 6) is 0.484. The minimum atomic E-state index is -4.36. The second-order valence-corrected chi connectivity index (χ2v) is 5.07. The second-order valence-electron chi connectivity index (χ2n) is 5.07. The molecule has 2 N–H and O–H groups in total. The van der Waals surface area contributed by atoms with Crippen molar-refractivity contribution in [1.29, 1.82) is 0 Å². The molecule has 0 aliphatic carbocycles. The van der Waals surface area contributed by atoms with E-state index in [0.717, 1.165) is 25.0 Å². The van der Waals surface area contributed by atoms with Crippen molar-refractivity contribution in [2.75, 3.05) is 24.2 Å². The van der Waals surface area contributed by atoms with Crippen molar-refractivity contribution in [3.05, 3.63) is 17.7 Å². The average Bonchev–Trinajstić information content (AvgIpc) is 2.45. The number of pyridine rings is 1. The lowest BCUT2D eigenvalue weighted by atomic mass is 10.1. The van der Waals surface area contributed by atoms with Gasteiger partial charge in [-0.1, -0.05) is 39.0 Å². The van der Waals surface area contributed by atoms with Gasteiger partial charge >= 0.3 is 6.18 Å². The van der Waals surface area contributed by atoms with Crippen LogP contribution in [-0.4, -0.2) is 18.6 Å². The van der Waals surface area contributed by atoms with Crippen LogP contribution in [0.4, 0.5) is 24.8 Å². The van der Waals surface area contributed by atoms with E-state index in [1.54, 1.807) is 7.05 Å². The quantitative estimate of drug-likeness (QED) is 0.636. The first kappa shape index (κ1) is 17.6. The zero-order chi connectivity index (χ0) is 15.7. The van der Waals surface area contributed by atoms with Crippen molar-refractivity contribution < 1.29 is 13.2 Å². The maximum absolute atomic E-state index is 12.8. The van der Waals surface area contributed by atoms with Crippen LogP contribution in [0.3, 0.4) is 0 Å². The third-order valence-corrected chi connectivity index (χ3v) is 3.25. The van der Waals surface area contributed by atoms with Gasteiger partial charge in [-0.3, -0.25) is 0 Å². The van der Waals surface area contributed by atoms with Crippen LogP contribution < -0.4 is 10.6 Å². The molecule has 3 nitrogen and oxygen atoms in total. The van der Waals surface area contributed by atoms with Gasteiger partial charge < -0.3 is 10.6 Å². The molecule has 1 aromatic rings. The van der Waals surface area contributed by atoms with Crippen LogP contribution in [0.2, 0.25) is 0 Å². The predicted octanol–water partition coefficient (Wildman–Crippen LogP) is 4.91. The number of hydrogen-bond acceptors (Lipinski definition) is 3. The summed E-state index contributed by atoms with van der Waals surface area (Å²) in [4.78, 5) is 4.09. The number of rotatable bonds is 9. The summed E-state index contributed by atoms with van der Waals surface area (Å²) in [6.45, 7) is 2.81. The number of hydrogen-bond donors (Lipinski definition) is 2. The van der Waals surface area contributed by atoms with Crippen LogP contribution in [0, 0.1) is 0 Å². The van der Waals surface area contributed by atoms with E-state index in [1.165, 1.54) is 25.7 Å². The maximum atomic E-state index is 12.8. The number of anilines is 2. The summed E-state index contributed by atoms with van der Waals surface area (Å²) < 4.78 is 38.3. The molecule has 0 atom stereocenters. The summed E-state index contributed by atoms with van der Waals surface area (Å²) in [6, 6.07) is 2.06. The van der Waals surface area contributed by atoms with Crippen molar-refractivity contribution in [2.45, 2.75) is 51.6 Å². The predicted molar refractivity (Wildman–Crippen MR) is 80.7 cm³/mol. The zero-order valence-corrected chi connectivity index (χ0v) is 12.7. The molecule has 0 amide bonds. The Kier molecular flexibility index (Phi) is 7.32. The summed E-state index contributed by atoms with van der Waals surface area (Å²) in [5.41, 5.74) is -0.688. The topological polar surface area (TPSA) is 37.0 Å². The minimum absolute atomic E-state index is 0.218. The van der Waals surface area contributed by atoms with Gasteiger partial charge in [0.25, 0.3) is 0 Å². The number of nitrogens with zero attached hydrogens (tertiary/aromatic N) is 1. The maximum Gasteiger partial charge on any atom is 0.416 e. The van der Waals surface area contributed by atoms with Crippen molar-refractivity contribution >= 4 is 11.6 Å². The number of alkyl halides is 3. The highest BCUT2D eigenvalue weighted by molar-refractivity contribution is 5.49. The standard InChI is InChI=1S/C15H24F3N3/c1-3-4-5-6-7-8-9-20-14-11-12(15(16,17)18)10-13(19-2)21-14/h10-11H,3-9H2,1-2H3,(H2,19,20,21). The number of unbranched alkanes of at least 4 members (excludes halogenated alkanes) is 5. The highest BCUT2D eigenvalue weighted by Gasteiger charge is 2.31. The first-order valence-electron chi connectivity index (χ1n) is 7.48. The Morgan fingerprint density at radius 1 is 1.00 bits per heavy atom. The van der Waals surface area contributed by atoms with Gasteiger partial charge in [0.1, 0.15) is 11.6 Å². The summed E-state index contributed by atoms with van der Waals surface area (Å²) in [6.07, 6.45) is 2.52. The molecule has 1 aromatic heterocycles. The molecular weight excluding hydrogens is 279 g/mol. The summed E-state index contributed by atoms with van der Waals surface area (Å²) in [5, 5.41) is 5.63. The van der Waals surface area contributed by atoms with Crippen molar-refractivity contribution in [1.82, 2.24) is 4.98 Å². The Hall–Kier alpha value is -1.46. The van der Waals surface area contributed by atoms with E-state index in [-0.39, 0.29) is 11.6 Å². The second kappa shape index (κ2) is 8.74. The van der Waals surface area contributed by atoms with E-state index in [4.69, 9.17) is 0 Å². The van der Waals surface area contributed by atoms with E-state index in [1.807, 2.05) is 0 Å². The highest BCUT2D eigenvalue weighted by atomic mass is 19.4. The van der Waals surface area contributed by atoms with Crippen LogP contribution in [-0.2, 0) is 6.18 Å². The van der Waals surface area contributed by atoms with Crippen molar-refractivity contribution in [2.24, 2.45) is 0 Å². The van der Waals surface area contributed by atoms with Gasteiger partial charge in [-0.15, -0.1) is 0 Å². The van der Waals surface area contributed by atoms with Crippen LogP contribution >= 0.6 is 0 Å². The fraction of sp³-hybridized carbons (Fsp3) is 0.667. The molecule has 1 heterocycles. The number of aromatic nitrogens is 1. The molecule has 21 heavy (non-hydrogen) atoms. The number of halogens is 3. The molecule has 0 aliphatic rings. The Labute approximate surface area is 124 Å². The Morgan fingerprint density at radius 2 is 1.62 bits per heavy atom. The van der Waals surface area contributed by atoms with Gasteiger partial charge in [0.15, 0.2) is 0 Å². The van der Waals surface area contributed by atoms with Crippen molar-refractivity contribution in [3.8, 4) is 0 Å². The molecule has 0 fully saturated rings. The zero-order valence-electron chi connectivity index (χ0n) is 12.7. The molecule has 0 aliphatic heterocycles. The average molecular weight is 303 g/mol. The van der Waals surface area contributed by atoms with Gasteiger partial charge in [0.2, 0.25) is 0 Å². The van der Waals surface area contributed by atoms with Crippen molar-refractivity contribution in [3.63, 3.8) is 0 Å². The lowest BCUT2D eigenvalue weighted by molar-refractivity contribution is -0.137. The fourth-order valence-corrected chi connectivity index (χ4v) is 2.03. The fourth-order valence-electron chi connectivity index (χ4n) is 2.03. The molecular formula is C15H24F3N3. The van der Waals surface area contributed by atoms with Crippen LogP contribution in [0.1, 0.15) is 51.0 Å². The molecule has 0 saturated heterocycles. The Morgan fingerprint density at radius 3 is 2.24 bits per heavy atom. The SMILES string of the molecule is CCCCCCCCNc1cc(C(F)(F)F)cc(NC)n1. The van der Waals surface area contributed by atoms with Gasteiger partial charge in [-0.25, -0.2) is 4.98 Å². The van der Waals surface area contributed by atoms with E-state index < -0.39 is 11.7 Å². The summed E-state index contributed by atoms with van der Waals surface area (Å²) in [7, 11) is 1.56. The molecule has 0 spiro atoms. The lowest BCUT2D eigenvalue weighted by Crippen LogP contribution is -2.10. The molecule has 0 saturated carbocycles. The lowest BCUT2D eigenvalue weighted by Gasteiger charge is -2.12. The van der Waals surface area contributed by atoms with E-state index in [0.29, 0.717) is 6.54 Å². The largest absolute Gasteiger partial charge is 0.416 e. The van der Waals surface area contributed by atoms with Crippen LogP contribution in [0.25, 0.3) is 0 Å². The summed E-state index contributed by atoms with van der Waals surface area (Å²) >= 11 is 0. The number of nitrogens with one attached hydrogen (secondary N) is 2. The van der Waals surface area contributed by atoms with Gasteiger partial charge in [0, 0.05) is 13.6 Å². The molecule has 0 radical (unpaired) electrons. The Balaban J connectivity index is 2.47. The van der Waals surface area contributed by atoms with Crippen LogP contribution in [0.5, 0.6) is 0 Å². The first-order valence-corrected chi connectivity index (χ1v) is 7.48. The van der Waals surface area contributed by atoms with Gasteiger partial charge in [0.05, 0.1) is 5.56 Å². The van der Waals surface area contributed by atoms with E-state index >= 15 is 0 Å². The minimum Gasteiger partial charge on any atom is -0.373 e. The normalized spacial score (nSPS) is 11.5. The third-order valence-electron chi connectivity index (χ3n) is 3.25. The third kappa shape index (κ3) is 6.69. The molecule has 120 valence electrons. The molecule has 1 rings (SSSR count). The van der Waals surface area contributed by atoms with Gasteiger partial charge in [-0.2, -0.15) is 13.2 Å². The molecule has 6 heteroatoms. The first-order chi connectivity index (χ1) is 9.97. The smallest absolute Gasteiger partial charge is 0.373 e. The molecule has 0 bridgehead atoms. The van der Waals surface area contributed by atoms with E-state index in [2.05, 4.69) is 22.5 Å². The molecule has 0 aromatic carbocycles. The monoisotopic (exact) mass is 303 g/mol. The molecule has 0 unspecified atom stereocenters. The Bertz CT molecular complexity index is 419. The van der Waals surface area contributed by atoms with Crippen LogP contribution in [0.15, 0.2) is 12.1 Å². The van der Waals surface area contributed by atoms with E-state index in [9.17, 15) is 13.2 Å². The highest BCUT2D eigenvalue weighted by Crippen LogP contribution is 2.31. The van der Waals surface area contributed by atoms with Gasteiger partial charge in [-0.05, 0) is 18.6 Å².